The van der Waals surface area contributed by atoms with Gasteiger partial charge in [0, 0.05) is 0 Å². The lowest BCUT2D eigenvalue weighted by molar-refractivity contribution is 0.241. The van der Waals surface area contributed by atoms with E-state index in [2.05, 4.69) is 0 Å². The molecule has 80 valence electrons. The third-order valence-electron chi connectivity index (χ3n) is 1.76. The minimum absolute atomic E-state index is 0. The van der Waals surface area contributed by atoms with E-state index < -0.39 is 0 Å². The van der Waals surface area contributed by atoms with Crippen LogP contribution in [-0.4, -0.2) is 35.6 Å². The molecule has 1 aliphatic rings. The molecule has 2 N–H and O–H groups in total. The molecule has 0 saturated carbocycles. The summed E-state index contributed by atoms with van der Waals surface area (Å²) in [7, 11) is 0. The predicted octanol–water partition coefficient (Wildman–Crippen LogP) is 1.35. The molecule has 0 radical (unpaired) electrons. The zero-order valence-electron chi connectivity index (χ0n) is 6.44. The van der Waals surface area contributed by atoms with Gasteiger partial charge in [-0.3, -0.25) is 0 Å². The van der Waals surface area contributed by atoms with Crippen LogP contribution in [0.2, 0.25) is 0 Å². The fraction of sp³-hybridized carbons (Fsp3) is 0.800. The average Bonchev–Trinajstić information content (AvgIpc) is 2.77. The van der Waals surface area contributed by atoms with E-state index in [9.17, 15) is 0 Å². The number of rotatable bonds is 5. The fourth-order valence-corrected chi connectivity index (χ4v) is 1.05. The van der Waals surface area contributed by atoms with Gasteiger partial charge in [-0.15, -0.1) is 0 Å². The highest BCUT2D eigenvalue weighted by atomic mass is 16.6. The van der Waals surface area contributed by atoms with Crippen LogP contribution in [0.3, 0.4) is 0 Å². The molecule has 2 atom stereocenters. The summed E-state index contributed by atoms with van der Waals surface area (Å²) in [5.74, 6) is 0. The molecule has 0 bridgehead atoms. The van der Waals surface area contributed by atoms with Gasteiger partial charge in [-0.2, -0.15) is 0 Å². The fourth-order valence-electron chi connectivity index (χ4n) is 1.05. The standard InChI is InChI=1S/C8H14O3.2CH4/c9-5-3-1-2-4-7-8(6-10)11-7;;/h1,3,7-10H,2,4-6H2;2*1H4. The number of hydrogen-bond acceptors (Lipinski definition) is 3. The Balaban J connectivity index is 0. The lowest BCUT2D eigenvalue weighted by Gasteiger charge is -1.87. The Morgan fingerprint density at radius 3 is 2.23 bits per heavy atom. The van der Waals surface area contributed by atoms with Crippen LogP contribution in [0.25, 0.3) is 0 Å². The Morgan fingerprint density at radius 2 is 1.77 bits per heavy atom. The van der Waals surface area contributed by atoms with Crippen molar-refractivity contribution in [3.05, 3.63) is 12.2 Å². The largest absolute Gasteiger partial charge is 0.394 e. The summed E-state index contributed by atoms with van der Waals surface area (Å²) in [5, 5.41) is 17.0. The second-order valence-corrected chi connectivity index (χ2v) is 2.63. The Morgan fingerprint density at radius 1 is 1.08 bits per heavy atom. The molecule has 1 rings (SSSR count). The first-order valence-electron chi connectivity index (χ1n) is 3.90. The summed E-state index contributed by atoms with van der Waals surface area (Å²) in [5.41, 5.74) is 0. The van der Waals surface area contributed by atoms with E-state index in [0.29, 0.717) is 0 Å². The van der Waals surface area contributed by atoms with E-state index in [-0.39, 0.29) is 40.3 Å². The first-order valence-corrected chi connectivity index (χ1v) is 3.90. The number of ether oxygens (including phenoxy) is 1. The van der Waals surface area contributed by atoms with Gasteiger partial charge in [-0.05, 0) is 12.8 Å². The van der Waals surface area contributed by atoms with Crippen molar-refractivity contribution in [2.75, 3.05) is 13.2 Å². The molecular formula is C10H22O3. The summed E-state index contributed by atoms with van der Waals surface area (Å²) in [4.78, 5) is 0. The van der Waals surface area contributed by atoms with Gasteiger partial charge in [0.25, 0.3) is 0 Å². The summed E-state index contributed by atoms with van der Waals surface area (Å²) in [6.07, 6.45) is 5.84. The van der Waals surface area contributed by atoms with E-state index in [1.165, 1.54) is 0 Å². The molecule has 1 aliphatic heterocycles. The van der Waals surface area contributed by atoms with Gasteiger partial charge in [0.1, 0.15) is 6.10 Å². The first-order chi connectivity index (χ1) is 5.38. The van der Waals surface area contributed by atoms with Gasteiger partial charge in [0.15, 0.2) is 0 Å². The molecule has 0 aromatic rings. The topological polar surface area (TPSA) is 53.0 Å². The van der Waals surface area contributed by atoms with Crippen molar-refractivity contribution < 1.29 is 14.9 Å². The zero-order chi connectivity index (χ0) is 8.10. The number of epoxide rings is 1. The summed E-state index contributed by atoms with van der Waals surface area (Å²) < 4.78 is 5.10. The summed E-state index contributed by atoms with van der Waals surface area (Å²) >= 11 is 0. The van der Waals surface area contributed by atoms with Gasteiger partial charge in [-0.25, -0.2) is 0 Å². The van der Waals surface area contributed by atoms with Crippen LogP contribution < -0.4 is 0 Å². The monoisotopic (exact) mass is 190 g/mol. The lowest BCUT2D eigenvalue weighted by Crippen LogP contribution is -1.98. The number of hydrogen-bond donors (Lipinski definition) is 2. The SMILES string of the molecule is C.C.OCC=CCCC1OC1CO. The average molecular weight is 190 g/mol. The molecule has 13 heavy (non-hydrogen) atoms. The predicted molar refractivity (Wildman–Crippen MR) is 54.7 cm³/mol. The van der Waals surface area contributed by atoms with Crippen molar-refractivity contribution in [3.63, 3.8) is 0 Å². The highest BCUT2D eigenvalue weighted by Crippen LogP contribution is 2.25. The highest BCUT2D eigenvalue weighted by Gasteiger charge is 2.36. The number of allylic oxidation sites excluding steroid dienone is 1. The molecule has 1 saturated heterocycles. The minimum atomic E-state index is 0. The van der Waals surface area contributed by atoms with E-state index >= 15 is 0 Å². The Labute approximate surface area is 81.0 Å². The lowest BCUT2D eigenvalue weighted by atomic mass is 10.2. The Bertz CT molecular complexity index is 134. The second-order valence-electron chi connectivity index (χ2n) is 2.63. The van der Waals surface area contributed by atoms with Crippen molar-refractivity contribution in [1.29, 1.82) is 0 Å². The van der Waals surface area contributed by atoms with Crippen LogP contribution in [0.5, 0.6) is 0 Å². The van der Waals surface area contributed by atoms with E-state index in [1.807, 2.05) is 6.08 Å². The van der Waals surface area contributed by atoms with Gasteiger partial charge in [-0.1, -0.05) is 27.0 Å². The van der Waals surface area contributed by atoms with Crippen LogP contribution in [0.4, 0.5) is 0 Å². The quantitative estimate of drug-likeness (QED) is 0.508. The second kappa shape index (κ2) is 8.23. The maximum atomic E-state index is 8.60. The molecule has 0 amide bonds. The maximum absolute atomic E-state index is 8.60. The molecule has 0 aliphatic carbocycles. The minimum Gasteiger partial charge on any atom is -0.394 e. The molecule has 1 heterocycles. The zero-order valence-corrected chi connectivity index (χ0v) is 6.44. The summed E-state index contributed by atoms with van der Waals surface area (Å²) in [6, 6.07) is 0. The van der Waals surface area contributed by atoms with Crippen LogP contribution >= 0.6 is 0 Å². The Kier molecular flexibility index (Phi) is 9.56. The normalized spacial score (nSPS) is 25.1. The molecular weight excluding hydrogens is 168 g/mol. The van der Waals surface area contributed by atoms with Crippen LogP contribution in [0.15, 0.2) is 12.2 Å². The van der Waals surface area contributed by atoms with E-state index in [4.69, 9.17) is 14.9 Å². The molecule has 3 nitrogen and oxygen atoms in total. The van der Waals surface area contributed by atoms with Gasteiger partial charge in [0.05, 0.1) is 19.3 Å². The third-order valence-corrected chi connectivity index (χ3v) is 1.76. The van der Waals surface area contributed by atoms with Gasteiger partial charge in [0.2, 0.25) is 0 Å². The van der Waals surface area contributed by atoms with Crippen molar-refractivity contribution in [2.45, 2.75) is 39.9 Å². The van der Waals surface area contributed by atoms with Crippen molar-refractivity contribution >= 4 is 0 Å². The highest BCUT2D eigenvalue weighted by molar-refractivity contribution is 4.88. The molecule has 0 aromatic heterocycles. The van der Waals surface area contributed by atoms with Crippen molar-refractivity contribution in [3.8, 4) is 0 Å². The Hall–Kier alpha value is -0.380. The van der Waals surface area contributed by atoms with Crippen molar-refractivity contribution in [1.82, 2.24) is 0 Å². The first kappa shape index (κ1) is 15.1. The van der Waals surface area contributed by atoms with Gasteiger partial charge < -0.3 is 14.9 Å². The summed E-state index contributed by atoms with van der Waals surface area (Å²) in [6.45, 7) is 0.239. The number of aliphatic hydroxyl groups is 2. The molecule has 0 aromatic carbocycles. The van der Waals surface area contributed by atoms with Crippen LogP contribution in [0.1, 0.15) is 27.7 Å². The van der Waals surface area contributed by atoms with Crippen LogP contribution in [0, 0.1) is 0 Å². The van der Waals surface area contributed by atoms with Crippen molar-refractivity contribution in [2.24, 2.45) is 0 Å². The smallest absolute Gasteiger partial charge is 0.107 e. The molecule has 1 fully saturated rings. The van der Waals surface area contributed by atoms with E-state index in [0.717, 1.165) is 12.8 Å². The van der Waals surface area contributed by atoms with E-state index in [1.54, 1.807) is 6.08 Å². The third kappa shape index (κ3) is 5.80. The molecule has 3 heteroatoms. The maximum Gasteiger partial charge on any atom is 0.107 e. The molecule has 2 unspecified atom stereocenters. The van der Waals surface area contributed by atoms with Gasteiger partial charge >= 0.3 is 0 Å². The molecule has 0 spiro atoms. The number of aliphatic hydroxyl groups excluding tert-OH is 2. The van der Waals surface area contributed by atoms with Crippen LogP contribution in [-0.2, 0) is 4.74 Å².